The lowest BCUT2D eigenvalue weighted by Crippen LogP contribution is -2.19. The molecule has 0 bridgehead atoms. The minimum atomic E-state index is -0.343. The molecular weight excluding hydrogens is 428 g/mol. The molecule has 0 aliphatic rings. The average molecular weight is 446 g/mol. The Bertz CT molecular complexity index is 1430. The van der Waals surface area contributed by atoms with Gasteiger partial charge < -0.3 is 19.5 Å². The predicted octanol–water partition coefficient (Wildman–Crippen LogP) is 6.95. The SMILES string of the molecule is O=C(Nc1ccc(-c2nc3ccccc3o2)cc1)Nc1ccc(-c2nc3ccccc3o2)cc1. The first-order chi connectivity index (χ1) is 16.7. The number of benzene rings is 4. The normalized spacial score (nSPS) is 11.1. The summed E-state index contributed by atoms with van der Waals surface area (Å²) in [4.78, 5) is 21.4. The van der Waals surface area contributed by atoms with Gasteiger partial charge in [-0.05, 0) is 72.8 Å². The van der Waals surface area contributed by atoms with E-state index >= 15 is 0 Å². The molecule has 0 saturated heterocycles. The molecule has 0 unspecified atom stereocenters. The molecule has 0 spiro atoms. The monoisotopic (exact) mass is 446 g/mol. The van der Waals surface area contributed by atoms with Gasteiger partial charge in [-0.3, -0.25) is 0 Å². The van der Waals surface area contributed by atoms with Gasteiger partial charge in [0.05, 0.1) is 0 Å². The molecule has 0 fully saturated rings. The smallest absolute Gasteiger partial charge is 0.323 e. The highest BCUT2D eigenvalue weighted by Gasteiger charge is 2.10. The maximum absolute atomic E-state index is 12.4. The van der Waals surface area contributed by atoms with Gasteiger partial charge in [0.1, 0.15) is 11.0 Å². The van der Waals surface area contributed by atoms with E-state index in [1.807, 2.05) is 72.8 Å². The number of amides is 2. The summed E-state index contributed by atoms with van der Waals surface area (Å²) in [5, 5.41) is 5.66. The number of rotatable bonds is 4. The fraction of sp³-hybridized carbons (Fsp3) is 0. The zero-order valence-corrected chi connectivity index (χ0v) is 17.9. The Labute approximate surface area is 194 Å². The maximum Gasteiger partial charge on any atom is 0.323 e. The van der Waals surface area contributed by atoms with Crippen LogP contribution in [0.5, 0.6) is 0 Å². The van der Waals surface area contributed by atoms with E-state index in [-0.39, 0.29) is 6.03 Å². The highest BCUT2D eigenvalue weighted by molar-refractivity contribution is 6.00. The maximum atomic E-state index is 12.4. The lowest BCUT2D eigenvalue weighted by Gasteiger charge is -2.08. The Balaban J connectivity index is 1.11. The van der Waals surface area contributed by atoms with Crippen molar-refractivity contribution in [3.05, 3.63) is 97.1 Å². The number of urea groups is 1. The van der Waals surface area contributed by atoms with Crippen molar-refractivity contribution in [2.24, 2.45) is 0 Å². The van der Waals surface area contributed by atoms with Gasteiger partial charge in [-0.15, -0.1) is 0 Å². The second-order valence-corrected chi connectivity index (χ2v) is 7.71. The minimum Gasteiger partial charge on any atom is -0.436 e. The number of fused-ring (bicyclic) bond motifs is 2. The molecule has 4 aromatic carbocycles. The van der Waals surface area contributed by atoms with Crippen molar-refractivity contribution in [3.8, 4) is 22.9 Å². The number of nitrogens with one attached hydrogen (secondary N) is 2. The van der Waals surface area contributed by atoms with Crippen LogP contribution in [0.2, 0.25) is 0 Å². The Hall–Kier alpha value is -4.91. The van der Waals surface area contributed by atoms with E-state index in [1.54, 1.807) is 24.3 Å². The molecule has 0 aliphatic heterocycles. The van der Waals surface area contributed by atoms with E-state index in [0.29, 0.717) is 23.2 Å². The van der Waals surface area contributed by atoms with Gasteiger partial charge in [0.25, 0.3) is 0 Å². The zero-order chi connectivity index (χ0) is 22.9. The van der Waals surface area contributed by atoms with Crippen molar-refractivity contribution in [3.63, 3.8) is 0 Å². The molecular formula is C27H18N4O3. The Morgan fingerprint density at radius 1 is 0.559 bits per heavy atom. The van der Waals surface area contributed by atoms with E-state index in [0.717, 1.165) is 33.3 Å². The molecule has 7 nitrogen and oxygen atoms in total. The van der Waals surface area contributed by atoms with Gasteiger partial charge in [0.2, 0.25) is 11.8 Å². The van der Waals surface area contributed by atoms with Crippen LogP contribution in [-0.2, 0) is 0 Å². The zero-order valence-electron chi connectivity index (χ0n) is 17.9. The van der Waals surface area contributed by atoms with Crippen molar-refractivity contribution < 1.29 is 13.6 Å². The van der Waals surface area contributed by atoms with Gasteiger partial charge in [-0.1, -0.05) is 24.3 Å². The van der Waals surface area contributed by atoms with Crippen molar-refractivity contribution in [1.29, 1.82) is 0 Å². The fourth-order valence-electron chi connectivity index (χ4n) is 3.68. The van der Waals surface area contributed by atoms with Crippen molar-refractivity contribution in [2.75, 3.05) is 10.6 Å². The van der Waals surface area contributed by atoms with Crippen LogP contribution in [0.15, 0.2) is 106 Å². The number of carbonyl (C=O) groups excluding carboxylic acids is 1. The van der Waals surface area contributed by atoms with Crippen LogP contribution < -0.4 is 10.6 Å². The summed E-state index contributed by atoms with van der Waals surface area (Å²) in [7, 11) is 0. The molecule has 0 saturated carbocycles. The van der Waals surface area contributed by atoms with E-state index in [4.69, 9.17) is 8.83 Å². The van der Waals surface area contributed by atoms with Crippen LogP contribution in [0.3, 0.4) is 0 Å². The molecule has 2 heterocycles. The van der Waals surface area contributed by atoms with Crippen LogP contribution in [0.25, 0.3) is 45.1 Å². The second-order valence-electron chi connectivity index (χ2n) is 7.71. The summed E-state index contributed by atoms with van der Waals surface area (Å²) in [5.41, 5.74) is 6.06. The molecule has 0 radical (unpaired) electrons. The topological polar surface area (TPSA) is 93.2 Å². The molecule has 34 heavy (non-hydrogen) atoms. The fourth-order valence-corrected chi connectivity index (χ4v) is 3.68. The van der Waals surface area contributed by atoms with Crippen LogP contribution in [0.1, 0.15) is 0 Å². The lowest BCUT2D eigenvalue weighted by atomic mass is 10.2. The van der Waals surface area contributed by atoms with Crippen LogP contribution >= 0.6 is 0 Å². The molecule has 2 aromatic heterocycles. The van der Waals surface area contributed by atoms with Gasteiger partial charge in [0, 0.05) is 22.5 Å². The van der Waals surface area contributed by atoms with E-state index in [9.17, 15) is 4.79 Å². The van der Waals surface area contributed by atoms with Crippen molar-refractivity contribution in [2.45, 2.75) is 0 Å². The molecule has 6 aromatic rings. The summed E-state index contributed by atoms with van der Waals surface area (Å²) < 4.78 is 11.6. The molecule has 6 rings (SSSR count). The molecule has 2 amide bonds. The quantitative estimate of drug-likeness (QED) is 0.306. The number of hydrogen-bond donors (Lipinski definition) is 2. The first kappa shape index (κ1) is 19.8. The Morgan fingerprint density at radius 2 is 0.971 bits per heavy atom. The lowest BCUT2D eigenvalue weighted by molar-refractivity contribution is 0.262. The number of para-hydroxylation sites is 4. The first-order valence-corrected chi connectivity index (χ1v) is 10.7. The number of carbonyl (C=O) groups is 1. The highest BCUT2D eigenvalue weighted by Crippen LogP contribution is 2.26. The second kappa shape index (κ2) is 8.22. The van der Waals surface area contributed by atoms with E-state index < -0.39 is 0 Å². The van der Waals surface area contributed by atoms with Crippen LogP contribution in [-0.4, -0.2) is 16.0 Å². The Kier molecular flexibility index (Phi) is 4.77. The largest absolute Gasteiger partial charge is 0.436 e. The average Bonchev–Trinajstić information content (AvgIpc) is 3.49. The van der Waals surface area contributed by atoms with E-state index in [2.05, 4.69) is 20.6 Å². The standard InChI is InChI=1S/C27H18N4O3/c32-27(28-19-13-9-17(10-14-19)25-30-21-5-1-3-7-23(21)33-25)29-20-15-11-18(12-16-20)26-31-22-6-2-4-8-24(22)34-26/h1-16H,(H2,28,29,32). The summed E-state index contributed by atoms with van der Waals surface area (Å²) >= 11 is 0. The van der Waals surface area contributed by atoms with Gasteiger partial charge in [-0.25, -0.2) is 14.8 Å². The Morgan fingerprint density at radius 3 is 1.38 bits per heavy atom. The highest BCUT2D eigenvalue weighted by atomic mass is 16.4. The first-order valence-electron chi connectivity index (χ1n) is 10.7. The van der Waals surface area contributed by atoms with Crippen LogP contribution in [0.4, 0.5) is 16.2 Å². The number of aromatic nitrogens is 2. The van der Waals surface area contributed by atoms with Gasteiger partial charge in [-0.2, -0.15) is 0 Å². The molecule has 2 N–H and O–H groups in total. The van der Waals surface area contributed by atoms with Crippen molar-refractivity contribution >= 4 is 39.6 Å². The molecule has 7 heteroatoms. The third-order valence-corrected chi connectivity index (χ3v) is 5.37. The summed E-state index contributed by atoms with van der Waals surface area (Å²) in [5.74, 6) is 1.08. The van der Waals surface area contributed by atoms with Gasteiger partial charge >= 0.3 is 6.03 Å². The third kappa shape index (κ3) is 3.86. The number of oxazole rings is 2. The summed E-state index contributed by atoms with van der Waals surface area (Å²) in [6.07, 6.45) is 0. The number of nitrogens with zero attached hydrogens (tertiary/aromatic N) is 2. The van der Waals surface area contributed by atoms with Crippen LogP contribution in [0, 0.1) is 0 Å². The third-order valence-electron chi connectivity index (χ3n) is 5.37. The molecule has 0 aliphatic carbocycles. The predicted molar refractivity (Wildman–Crippen MR) is 132 cm³/mol. The van der Waals surface area contributed by atoms with Crippen molar-refractivity contribution in [1.82, 2.24) is 9.97 Å². The molecule has 0 atom stereocenters. The summed E-state index contributed by atoms with van der Waals surface area (Å²) in [6, 6.07) is 29.5. The van der Waals surface area contributed by atoms with E-state index in [1.165, 1.54) is 0 Å². The molecule has 164 valence electrons. The number of hydrogen-bond acceptors (Lipinski definition) is 5. The summed E-state index contributed by atoms with van der Waals surface area (Å²) in [6.45, 7) is 0. The minimum absolute atomic E-state index is 0.343. The van der Waals surface area contributed by atoms with Gasteiger partial charge in [0.15, 0.2) is 11.2 Å². The number of anilines is 2.